The normalized spacial score (nSPS) is 17.6. The van der Waals surface area contributed by atoms with Crippen molar-refractivity contribution in [2.45, 2.75) is 44.8 Å². The number of amides is 5. The number of rotatable bonds is 5. The van der Waals surface area contributed by atoms with Crippen LogP contribution in [0.25, 0.3) is 10.2 Å². The molecule has 1 aromatic heterocycles. The van der Waals surface area contributed by atoms with Gasteiger partial charge in [0.25, 0.3) is 5.91 Å². The molecule has 0 saturated carbocycles. The Morgan fingerprint density at radius 2 is 2.03 bits per heavy atom. The molecule has 0 spiro atoms. The second kappa shape index (κ2) is 9.11. The molecule has 1 atom stereocenters. The van der Waals surface area contributed by atoms with Crippen LogP contribution in [0.2, 0.25) is 0 Å². The SMILES string of the molecule is COc1cc2sc(C(C)(C)NC(=O)Nc3ccc4c(c3)CN(C3CCC(=O)NC3=O)C4=O)nc2cc1F. The van der Waals surface area contributed by atoms with Crippen LogP contribution in [0.4, 0.5) is 14.9 Å². The molecule has 5 rings (SSSR count). The van der Waals surface area contributed by atoms with Gasteiger partial charge in [-0.3, -0.25) is 19.7 Å². The third-order valence-corrected chi connectivity index (χ3v) is 7.75. The molecule has 5 amide bonds. The molecular weight excluding hydrogens is 501 g/mol. The van der Waals surface area contributed by atoms with Crippen molar-refractivity contribution in [1.29, 1.82) is 0 Å². The Morgan fingerprint density at radius 1 is 1.24 bits per heavy atom. The second-order valence-corrected chi connectivity index (χ2v) is 10.5. The minimum atomic E-state index is -0.868. The number of aromatic nitrogens is 1. The summed E-state index contributed by atoms with van der Waals surface area (Å²) in [5.74, 6) is -1.50. The van der Waals surface area contributed by atoms with Crippen LogP contribution in [-0.4, -0.2) is 46.8 Å². The van der Waals surface area contributed by atoms with Crippen LogP contribution in [0.3, 0.4) is 0 Å². The van der Waals surface area contributed by atoms with Crippen molar-refractivity contribution in [2.75, 3.05) is 12.4 Å². The zero-order valence-corrected chi connectivity index (χ0v) is 21.1. The second-order valence-electron chi connectivity index (χ2n) is 9.45. The number of imide groups is 1. The van der Waals surface area contributed by atoms with Gasteiger partial charge in [0.1, 0.15) is 11.0 Å². The maximum atomic E-state index is 14.1. The molecule has 1 fully saturated rings. The number of piperidine rings is 1. The van der Waals surface area contributed by atoms with Crippen molar-refractivity contribution in [3.63, 3.8) is 0 Å². The van der Waals surface area contributed by atoms with Gasteiger partial charge in [-0.2, -0.15) is 0 Å². The fourth-order valence-corrected chi connectivity index (χ4v) is 5.54. The topological polar surface area (TPSA) is 130 Å². The molecule has 10 nitrogen and oxygen atoms in total. The molecule has 192 valence electrons. The quantitative estimate of drug-likeness (QED) is 0.439. The predicted octanol–water partition coefficient (Wildman–Crippen LogP) is 3.26. The third-order valence-electron chi connectivity index (χ3n) is 6.40. The fraction of sp³-hybridized carbons (Fsp3) is 0.320. The largest absolute Gasteiger partial charge is 0.494 e. The Bertz CT molecular complexity index is 1470. The van der Waals surface area contributed by atoms with E-state index in [1.807, 2.05) is 0 Å². The molecule has 0 bridgehead atoms. The summed E-state index contributed by atoms with van der Waals surface area (Å²) < 4.78 is 19.8. The summed E-state index contributed by atoms with van der Waals surface area (Å²) in [5, 5.41) is 8.52. The van der Waals surface area contributed by atoms with E-state index in [9.17, 15) is 23.6 Å². The van der Waals surface area contributed by atoms with E-state index >= 15 is 0 Å². The molecular formula is C25H24FN5O5S. The van der Waals surface area contributed by atoms with Crippen LogP contribution in [0.1, 0.15) is 47.6 Å². The van der Waals surface area contributed by atoms with Gasteiger partial charge in [-0.15, -0.1) is 11.3 Å². The summed E-state index contributed by atoms with van der Waals surface area (Å²) in [6, 6.07) is 6.60. The molecule has 0 aliphatic carbocycles. The van der Waals surface area contributed by atoms with Gasteiger partial charge < -0.3 is 20.3 Å². The number of methoxy groups -OCH3 is 1. The standard InChI is InChI=1S/C25H24FN5O5S/c1-25(2,23-28-16-9-15(26)18(36-3)10-19(16)37-23)30-24(35)27-13-4-5-14-12(8-13)11-31(22(14)34)17-6-7-20(32)29-21(17)33/h4-5,8-10,17H,6-7,11H2,1-3H3,(H2,27,30,35)(H,29,32,33). The Kier molecular flexibility index (Phi) is 6.06. The van der Waals surface area contributed by atoms with E-state index in [-0.39, 0.29) is 37.0 Å². The minimum Gasteiger partial charge on any atom is -0.494 e. The first-order valence-electron chi connectivity index (χ1n) is 11.6. The van der Waals surface area contributed by atoms with Crippen LogP contribution in [0, 0.1) is 5.82 Å². The van der Waals surface area contributed by atoms with E-state index in [1.54, 1.807) is 38.1 Å². The van der Waals surface area contributed by atoms with E-state index in [2.05, 4.69) is 20.9 Å². The number of fused-ring (bicyclic) bond motifs is 2. The molecule has 3 N–H and O–H groups in total. The number of hydrogen-bond donors (Lipinski definition) is 3. The summed E-state index contributed by atoms with van der Waals surface area (Å²) >= 11 is 1.32. The van der Waals surface area contributed by atoms with Crippen molar-refractivity contribution in [2.24, 2.45) is 0 Å². The molecule has 1 unspecified atom stereocenters. The van der Waals surface area contributed by atoms with E-state index in [4.69, 9.17) is 4.74 Å². The number of nitrogens with one attached hydrogen (secondary N) is 3. The summed E-state index contributed by atoms with van der Waals surface area (Å²) in [4.78, 5) is 55.3. The maximum absolute atomic E-state index is 14.1. The van der Waals surface area contributed by atoms with Crippen LogP contribution in [0.5, 0.6) is 5.75 Å². The van der Waals surface area contributed by atoms with Gasteiger partial charge in [-0.25, -0.2) is 14.2 Å². The first-order valence-corrected chi connectivity index (χ1v) is 12.4. The maximum Gasteiger partial charge on any atom is 0.319 e. The first kappa shape index (κ1) is 24.6. The average molecular weight is 526 g/mol. The lowest BCUT2D eigenvalue weighted by molar-refractivity contribution is -0.136. The Balaban J connectivity index is 1.28. The van der Waals surface area contributed by atoms with Gasteiger partial charge in [0.2, 0.25) is 11.8 Å². The zero-order chi connectivity index (χ0) is 26.5. The number of halogens is 1. The summed E-state index contributed by atoms with van der Waals surface area (Å²) in [5.41, 5.74) is 1.20. The summed E-state index contributed by atoms with van der Waals surface area (Å²) in [7, 11) is 1.39. The van der Waals surface area contributed by atoms with E-state index in [0.717, 1.165) is 4.70 Å². The Morgan fingerprint density at radius 3 is 2.76 bits per heavy atom. The van der Waals surface area contributed by atoms with Gasteiger partial charge in [0.05, 0.1) is 22.9 Å². The highest BCUT2D eigenvalue weighted by Gasteiger charge is 2.39. The van der Waals surface area contributed by atoms with Crippen LogP contribution in [0.15, 0.2) is 30.3 Å². The van der Waals surface area contributed by atoms with Crippen molar-refractivity contribution < 1.29 is 28.3 Å². The van der Waals surface area contributed by atoms with Crippen LogP contribution < -0.4 is 20.7 Å². The number of thiazole rings is 1. The number of benzene rings is 2. The number of anilines is 1. The van der Waals surface area contributed by atoms with Gasteiger partial charge in [0.15, 0.2) is 11.6 Å². The molecule has 37 heavy (non-hydrogen) atoms. The average Bonchev–Trinajstić information content (AvgIpc) is 3.39. The number of nitrogens with zero attached hydrogens (tertiary/aromatic N) is 2. The number of ether oxygens (including phenoxy) is 1. The zero-order valence-electron chi connectivity index (χ0n) is 20.3. The monoisotopic (exact) mass is 525 g/mol. The van der Waals surface area contributed by atoms with Gasteiger partial charge >= 0.3 is 6.03 Å². The highest BCUT2D eigenvalue weighted by molar-refractivity contribution is 7.18. The lowest BCUT2D eigenvalue weighted by Crippen LogP contribution is -2.52. The molecule has 2 aliphatic heterocycles. The van der Waals surface area contributed by atoms with E-state index < -0.39 is 29.3 Å². The third kappa shape index (κ3) is 4.59. The fourth-order valence-electron chi connectivity index (χ4n) is 4.51. The molecule has 12 heteroatoms. The number of hydrogen-bond acceptors (Lipinski definition) is 7. The highest BCUT2D eigenvalue weighted by Crippen LogP contribution is 2.34. The summed E-state index contributed by atoms with van der Waals surface area (Å²) in [6.07, 6.45) is 0.453. The summed E-state index contributed by atoms with van der Waals surface area (Å²) in [6.45, 7) is 3.78. The van der Waals surface area contributed by atoms with Crippen molar-refractivity contribution in [3.8, 4) is 5.75 Å². The number of carbonyl (C=O) groups is 4. The highest BCUT2D eigenvalue weighted by atomic mass is 32.1. The van der Waals surface area contributed by atoms with Gasteiger partial charge in [0, 0.05) is 36.3 Å². The van der Waals surface area contributed by atoms with Crippen molar-refractivity contribution in [3.05, 3.63) is 52.3 Å². The smallest absolute Gasteiger partial charge is 0.319 e. The number of urea groups is 1. The molecule has 3 heterocycles. The molecule has 0 radical (unpaired) electrons. The van der Waals surface area contributed by atoms with Crippen molar-refractivity contribution in [1.82, 2.24) is 20.5 Å². The molecule has 3 aromatic rings. The predicted molar refractivity (Wildman–Crippen MR) is 134 cm³/mol. The molecule has 1 saturated heterocycles. The lowest BCUT2D eigenvalue weighted by Gasteiger charge is -2.29. The van der Waals surface area contributed by atoms with Crippen LogP contribution >= 0.6 is 11.3 Å². The van der Waals surface area contributed by atoms with Crippen molar-refractivity contribution >= 4 is 51.0 Å². The molecule has 2 aromatic carbocycles. The molecule has 2 aliphatic rings. The van der Waals surface area contributed by atoms with E-state index in [1.165, 1.54) is 29.4 Å². The Hall–Kier alpha value is -4.06. The van der Waals surface area contributed by atoms with Crippen LogP contribution in [-0.2, 0) is 21.7 Å². The first-order chi connectivity index (χ1) is 17.6. The van der Waals surface area contributed by atoms with Gasteiger partial charge in [-0.05, 0) is 44.0 Å². The minimum absolute atomic E-state index is 0.123. The number of carbonyl (C=O) groups excluding carboxylic acids is 4. The van der Waals surface area contributed by atoms with E-state index in [0.29, 0.717) is 27.3 Å². The lowest BCUT2D eigenvalue weighted by atomic mass is 10.0. The van der Waals surface area contributed by atoms with Gasteiger partial charge in [-0.1, -0.05) is 0 Å². The Labute approximate surface area is 215 Å².